The van der Waals surface area contributed by atoms with Crippen molar-refractivity contribution < 1.29 is 9.53 Å². The van der Waals surface area contributed by atoms with Crippen LogP contribution in [0.3, 0.4) is 0 Å². The third-order valence-electron chi connectivity index (χ3n) is 2.80. The van der Waals surface area contributed by atoms with Crippen LogP contribution in [-0.2, 0) is 4.74 Å². The first-order chi connectivity index (χ1) is 8.26. The second kappa shape index (κ2) is 6.23. The maximum Gasteiger partial charge on any atom is 0.407 e. The van der Waals surface area contributed by atoms with Gasteiger partial charge in [0.2, 0.25) is 0 Å². The fourth-order valence-electron chi connectivity index (χ4n) is 2.09. The zero-order valence-electron chi connectivity index (χ0n) is 12.1. The van der Waals surface area contributed by atoms with Gasteiger partial charge >= 0.3 is 6.09 Å². The molecule has 1 rings (SSSR count). The molecule has 0 spiro atoms. The molecular formula is C14H26N2O2. The first-order valence-corrected chi connectivity index (χ1v) is 6.62. The van der Waals surface area contributed by atoms with E-state index in [0.717, 1.165) is 32.5 Å². The van der Waals surface area contributed by atoms with E-state index in [9.17, 15) is 4.79 Å². The Balaban J connectivity index is 2.27. The number of alkyl carbamates (subject to hydrolysis) is 1. The van der Waals surface area contributed by atoms with E-state index in [1.54, 1.807) is 0 Å². The summed E-state index contributed by atoms with van der Waals surface area (Å²) >= 11 is 0. The quantitative estimate of drug-likeness (QED) is 0.787. The smallest absolute Gasteiger partial charge is 0.407 e. The van der Waals surface area contributed by atoms with Crippen molar-refractivity contribution in [2.24, 2.45) is 0 Å². The van der Waals surface area contributed by atoms with Crippen molar-refractivity contribution in [3.8, 4) is 0 Å². The molecule has 1 aliphatic rings. The van der Waals surface area contributed by atoms with Crippen molar-refractivity contribution in [1.82, 2.24) is 10.2 Å². The third kappa shape index (κ3) is 6.05. The number of ether oxygens (including phenoxy) is 1. The molecule has 18 heavy (non-hydrogen) atoms. The fraction of sp³-hybridized carbons (Fsp3) is 0.786. The van der Waals surface area contributed by atoms with Crippen LogP contribution in [0.1, 0.15) is 40.5 Å². The molecule has 1 aliphatic heterocycles. The van der Waals surface area contributed by atoms with E-state index in [1.165, 1.54) is 5.57 Å². The van der Waals surface area contributed by atoms with Gasteiger partial charge in [-0.1, -0.05) is 12.2 Å². The average Bonchev–Trinajstić information content (AvgIpc) is 2.17. The molecule has 4 nitrogen and oxygen atoms in total. The molecule has 0 aromatic heterocycles. The van der Waals surface area contributed by atoms with Crippen molar-refractivity contribution in [2.45, 2.75) is 52.2 Å². The van der Waals surface area contributed by atoms with Crippen LogP contribution in [-0.4, -0.2) is 42.3 Å². The largest absolute Gasteiger partial charge is 0.444 e. The Morgan fingerprint density at radius 3 is 2.39 bits per heavy atom. The van der Waals surface area contributed by atoms with Crippen LogP contribution in [0.5, 0.6) is 0 Å². The van der Waals surface area contributed by atoms with Gasteiger partial charge in [-0.3, -0.25) is 4.90 Å². The molecule has 104 valence electrons. The summed E-state index contributed by atoms with van der Waals surface area (Å²) in [6, 6.07) is 0.237. The van der Waals surface area contributed by atoms with Crippen molar-refractivity contribution in [3.63, 3.8) is 0 Å². The molecule has 0 unspecified atom stereocenters. The molecule has 0 atom stereocenters. The molecule has 0 aliphatic carbocycles. The summed E-state index contributed by atoms with van der Waals surface area (Å²) in [6.45, 7) is 14.6. The van der Waals surface area contributed by atoms with Gasteiger partial charge in [-0.2, -0.15) is 0 Å². The van der Waals surface area contributed by atoms with Gasteiger partial charge in [0.25, 0.3) is 0 Å². The first kappa shape index (κ1) is 15.0. The SMILES string of the molecule is C=C(C)CN1CCC(NC(=O)OC(C)(C)C)CC1. The highest BCUT2D eigenvalue weighted by Gasteiger charge is 2.23. The zero-order chi connectivity index (χ0) is 13.8. The van der Waals surface area contributed by atoms with E-state index in [0.29, 0.717) is 0 Å². The average molecular weight is 254 g/mol. The Labute approximate surface area is 110 Å². The number of carbonyl (C=O) groups is 1. The highest BCUT2D eigenvalue weighted by molar-refractivity contribution is 5.68. The van der Waals surface area contributed by atoms with E-state index >= 15 is 0 Å². The minimum atomic E-state index is -0.426. The van der Waals surface area contributed by atoms with Gasteiger partial charge in [0, 0.05) is 25.7 Å². The number of nitrogens with zero attached hydrogens (tertiary/aromatic N) is 1. The summed E-state index contributed by atoms with van der Waals surface area (Å²) in [5.74, 6) is 0. The first-order valence-electron chi connectivity index (χ1n) is 6.62. The molecule has 0 bridgehead atoms. The van der Waals surface area contributed by atoms with Gasteiger partial charge in [0.15, 0.2) is 0 Å². The van der Waals surface area contributed by atoms with Crippen LogP contribution < -0.4 is 5.32 Å². The van der Waals surface area contributed by atoms with Crippen LogP contribution in [0.4, 0.5) is 4.79 Å². The van der Waals surface area contributed by atoms with E-state index in [2.05, 4.69) is 16.8 Å². The number of rotatable bonds is 3. The number of nitrogens with one attached hydrogen (secondary N) is 1. The summed E-state index contributed by atoms with van der Waals surface area (Å²) < 4.78 is 5.25. The molecule has 1 heterocycles. The van der Waals surface area contributed by atoms with Gasteiger partial charge in [-0.05, 0) is 40.5 Å². The number of piperidine rings is 1. The van der Waals surface area contributed by atoms with Crippen LogP contribution in [0.2, 0.25) is 0 Å². The number of amides is 1. The predicted octanol–water partition coefficient (Wildman–Crippen LogP) is 2.55. The lowest BCUT2D eigenvalue weighted by molar-refractivity contribution is 0.0480. The molecule has 0 saturated carbocycles. The Morgan fingerprint density at radius 2 is 1.94 bits per heavy atom. The Bertz CT molecular complexity index is 299. The predicted molar refractivity (Wildman–Crippen MR) is 73.6 cm³/mol. The van der Waals surface area contributed by atoms with Gasteiger partial charge in [0.05, 0.1) is 0 Å². The summed E-state index contributed by atoms with van der Waals surface area (Å²) in [5.41, 5.74) is 0.763. The Morgan fingerprint density at radius 1 is 1.39 bits per heavy atom. The molecule has 0 aromatic rings. The molecule has 0 aromatic carbocycles. The highest BCUT2D eigenvalue weighted by atomic mass is 16.6. The fourth-order valence-corrected chi connectivity index (χ4v) is 2.09. The van der Waals surface area contributed by atoms with Crippen molar-refractivity contribution in [3.05, 3.63) is 12.2 Å². The van der Waals surface area contributed by atoms with Gasteiger partial charge < -0.3 is 10.1 Å². The lowest BCUT2D eigenvalue weighted by atomic mass is 10.0. The van der Waals surface area contributed by atoms with Crippen molar-refractivity contribution in [1.29, 1.82) is 0 Å². The van der Waals surface area contributed by atoms with E-state index < -0.39 is 5.60 Å². The number of carbonyl (C=O) groups excluding carboxylic acids is 1. The topological polar surface area (TPSA) is 41.6 Å². The molecule has 1 saturated heterocycles. The molecule has 4 heteroatoms. The summed E-state index contributed by atoms with van der Waals surface area (Å²) in [4.78, 5) is 14.0. The maximum absolute atomic E-state index is 11.6. The lowest BCUT2D eigenvalue weighted by Crippen LogP contribution is -2.46. The van der Waals surface area contributed by atoms with Gasteiger partial charge in [0.1, 0.15) is 5.60 Å². The van der Waals surface area contributed by atoms with Crippen LogP contribution in [0.15, 0.2) is 12.2 Å². The summed E-state index contributed by atoms with van der Waals surface area (Å²) in [6.07, 6.45) is 1.65. The summed E-state index contributed by atoms with van der Waals surface area (Å²) in [7, 11) is 0. The lowest BCUT2D eigenvalue weighted by Gasteiger charge is -2.32. The van der Waals surface area contributed by atoms with E-state index in [1.807, 2.05) is 27.7 Å². The number of likely N-dealkylation sites (tertiary alicyclic amines) is 1. The maximum atomic E-state index is 11.6. The number of hydrogen-bond donors (Lipinski definition) is 1. The second-order valence-electron chi connectivity index (χ2n) is 6.15. The van der Waals surface area contributed by atoms with Crippen LogP contribution in [0, 0.1) is 0 Å². The second-order valence-corrected chi connectivity index (χ2v) is 6.15. The minimum absolute atomic E-state index is 0.237. The molecule has 0 radical (unpaired) electrons. The third-order valence-corrected chi connectivity index (χ3v) is 2.80. The number of hydrogen-bond acceptors (Lipinski definition) is 3. The molecule has 1 N–H and O–H groups in total. The van der Waals surface area contributed by atoms with Crippen molar-refractivity contribution >= 4 is 6.09 Å². The monoisotopic (exact) mass is 254 g/mol. The molecular weight excluding hydrogens is 228 g/mol. The Hall–Kier alpha value is -1.03. The molecule has 1 fully saturated rings. The molecule has 1 amide bonds. The van der Waals surface area contributed by atoms with Crippen LogP contribution >= 0.6 is 0 Å². The van der Waals surface area contributed by atoms with E-state index in [-0.39, 0.29) is 12.1 Å². The van der Waals surface area contributed by atoms with Gasteiger partial charge in [-0.25, -0.2) is 4.79 Å². The van der Waals surface area contributed by atoms with Gasteiger partial charge in [-0.15, -0.1) is 0 Å². The van der Waals surface area contributed by atoms with Crippen molar-refractivity contribution in [2.75, 3.05) is 19.6 Å². The standard InChI is InChI=1S/C14H26N2O2/c1-11(2)10-16-8-6-12(7-9-16)15-13(17)18-14(3,4)5/h12H,1,6-10H2,2-5H3,(H,15,17). The highest BCUT2D eigenvalue weighted by Crippen LogP contribution is 2.13. The normalized spacial score (nSPS) is 18.4. The summed E-state index contributed by atoms with van der Waals surface area (Å²) in [5, 5.41) is 2.94. The van der Waals surface area contributed by atoms with Crippen LogP contribution in [0.25, 0.3) is 0 Å². The zero-order valence-corrected chi connectivity index (χ0v) is 12.1. The van der Waals surface area contributed by atoms with E-state index in [4.69, 9.17) is 4.74 Å². The minimum Gasteiger partial charge on any atom is -0.444 e. The Kier molecular flexibility index (Phi) is 5.20.